The summed E-state index contributed by atoms with van der Waals surface area (Å²) in [6.07, 6.45) is 7.31. The highest BCUT2D eigenvalue weighted by molar-refractivity contribution is 6.06. The quantitative estimate of drug-likeness (QED) is 0.520. The van der Waals surface area contributed by atoms with Crippen LogP contribution in [0.1, 0.15) is 21.8 Å². The molecule has 0 aliphatic rings. The topological polar surface area (TPSA) is 77.4 Å². The number of nitrogens with zero attached hydrogens (tertiary/aromatic N) is 4. The first-order chi connectivity index (χ1) is 13.7. The molecule has 0 spiro atoms. The minimum absolute atomic E-state index is 0.291. The minimum atomic E-state index is -0.291. The second kappa shape index (κ2) is 6.38. The van der Waals surface area contributed by atoms with E-state index in [0.717, 1.165) is 22.3 Å². The van der Waals surface area contributed by atoms with Gasteiger partial charge >= 0.3 is 0 Å². The van der Waals surface area contributed by atoms with Crippen LogP contribution < -0.4 is 5.32 Å². The highest BCUT2D eigenvalue weighted by atomic mass is 16.3. The third kappa shape index (κ3) is 2.83. The van der Waals surface area contributed by atoms with E-state index in [1.807, 2.05) is 66.2 Å². The van der Waals surface area contributed by atoms with Crippen LogP contribution in [-0.2, 0) is 6.54 Å². The molecule has 0 radical (unpaired) electrons. The summed E-state index contributed by atoms with van der Waals surface area (Å²) in [6, 6.07) is 13.5. The van der Waals surface area contributed by atoms with Crippen molar-refractivity contribution in [3.8, 4) is 0 Å². The number of imidazole rings is 1. The van der Waals surface area contributed by atoms with Gasteiger partial charge in [0.05, 0.1) is 24.1 Å². The molecule has 0 aliphatic heterocycles. The van der Waals surface area contributed by atoms with E-state index in [4.69, 9.17) is 4.42 Å². The Morgan fingerprint density at radius 1 is 1.14 bits per heavy atom. The Kier molecular flexibility index (Phi) is 3.72. The van der Waals surface area contributed by atoms with Crippen molar-refractivity contribution < 1.29 is 9.21 Å². The maximum Gasteiger partial charge on any atom is 0.291 e. The van der Waals surface area contributed by atoms with E-state index in [1.165, 1.54) is 0 Å². The van der Waals surface area contributed by atoms with Crippen molar-refractivity contribution >= 4 is 28.2 Å². The van der Waals surface area contributed by atoms with Gasteiger partial charge in [0.2, 0.25) is 0 Å². The standard InChI is InChI=1S/C21H17N5O2/c1-14-17-6-2-3-7-18(17)28-20(14)21(27)24-15-10-22-26(12-15)13-16-11-25-9-5-4-8-19(25)23-16/h2-12H,13H2,1H3,(H,24,27). The molecule has 7 nitrogen and oxygen atoms in total. The summed E-state index contributed by atoms with van der Waals surface area (Å²) in [7, 11) is 0. The van der Waals surface area contributed by atoms with Crippen LogP contribution in [0.4, 0.5) is 5.69 Å². The molecule has 7 heteroatoms. The van der Waals surface area contributed by atoms with Gasteiger partial charge < -0.3 is 14.1 Å². The Balaban J connectivity index is 1.34. The lowest BCUT2D eigenvalue weighted by atomic mass is 10.1. The zero-order valence-corrected chi connectivity index (χ0v) is 15.2. The Labute approximate surface area is 160 Å². The number of para-hydroxylation sites is 1. The number of aryl methyl sites for hydroxylation is 1. The van der Waals surface area contributed by atoms with Crippen molar-refractivity contribution in [1.29, 1.82) is 0 Å². The number of anilines is 1. The molecule has 0 aliphatic carbocycles. The molecule has 28 heavy (non-hydrogen) atoms. The van der Waals surface area contributed by atoms with Gasteiger partial charge in [0, 0.05) is 29.5 Å². The maximum atomic E-state index is 12.6. The van der Waals surface area contributed by atoms with Gasteiger partial charge in [-0.2, -0.15) is 5.10 Å². The zero-order valence-electron chi connectivity index (χ0n) is 15.2. The lowest BCUT2D eigenvalue weighted by Crippen LogP contribution is -2.11. The van der Waals surface area contributed by atoms with E-state index in [-0.39, 0.29) is 5.91 Å². The van der Waals surface area contributed by atoms with Crippen LogP contribution >= 0.6 is 0 Å². The van der Waals surface area contributed by atoms with Crippen LogP contribution in [0.2, 0.25) is 0 Å². The van der Waals surface area contributed by atoms with Crippen LogP contribution in [0.25, 0.3) is 16.6 Å². The van der Waals surface area contributed by atoms with Gasteiger partial charge in [-0.1, -0.05) is 24.3 Å². The fraction of sp³-hybridized carbons (Fsp3) is 0.0952. The van der Waals surface area contributed by atoms with Crippen LogP contribution in [0, 0.1) is 6.92 Å². The molecule has 0 fully saturated rings. The molecular formula is C21H17N5O2. The predicted octanol–water partition coefficient (Wildman–Crippen LogP) is 3.89. The molecule has 1 N–H and O–H groups in total. The lowest BCUT2D eigenvalue weighted by molar-refractivity contribution is 0.0998. The highest BCUT2D eigenvalue weighted by Gasteiger charge is 2.18. The van der Waals surface area contributed by atoms with Gasteiger partial charge in [0.25, 0.3) is 5.91 Å². The number of hydrogen-bond donors (Lipinski definition) is 1. The summed E-state index contributed by atoms with van der Waals surface area (Å²) in [5, 5.41) is 8.11. The minimum Gasteiger partial charge on any atom is -0.451 e. The van der Waals surface area contributed by atoms with Gasteiger partial charge in [0.1, 0.15) is 11.2 Å². The van der Waals surface area contributed by atoms with Gasteiger partial charge in [-0.05, 0) is 25.1 Å². The summed E-state index contributed by atoms with van der Waals surface area (Å²) >= 11 is 0. The third-order valence-electron chi connectivity index (χ3n) is 4.68. The second-order valence-corrected chi connectivity index (χ2v) is 6.63. The van der Waals surface area contributed by atoms with E-state index in [1.54, 1.807) is 17.1 Å². The van der Waals surface area contributed by atoms with Crippen molar-refractivity contribution in [2.24, 2.45) is 0 Å². The molecule has 1 aromatic carbocycles. The van der Waals surface area contributed by atoms with Crippen LogP contribution in [-0.4, -0.2) is 25.1 Å². The summed E-state index contributed by atoms with van der Waals surface area (Å²) in [5.41, 5.74) is 3.91. The maximum absolute atomic E-state index is 12.6. The smallest absolute Gasteiger partial charge is 0.291 e. The van der Waals surface area contributed by atoms with Gasteiger partial charge in [-0.15, -0.1) is 0 Å². The summed E-state index contributed by atoms with van der Waals surface area (Å²) in [6.45, 7) is 2.40. The molecule has 0 saturated carbocycles. The Bertz CT molecular complexity index is 1280. The van der Waals surface area contributed by atoms with Crippen molar-refractivity contribution in [3.05, 3.63) is 84.3 Å². The van der Waals surface area contributed by atoms with Crippen LogP contribution in [0.15, 0.2) is 71.7 Å². The first kappa shape index (κ1) is 16.3. The average Bonchev–Trinajstić information content (AvgIpc) is 3.39. The summed E-state index contributed by atoms with van der Waals surface area (Å²) in [5.74, 6) is 0.0234. The zero-order chi connectivity index (χ0) is 19.1. The molecular weight excluding hydrogens is 354 g/mol. The van der Waals surface area contributed by atoms with Crippen molar-refractivity contribution in [2.45, 2.75) is 13.5 Å². The van der Waals surface area contributed by atoms with Gasteiger partial charge in [-0.25, -0.2) is 4.98 Å². The molecule has 5 rings (SSSR count). The Hall–Kier alpha value is -3.87. The van der Waals surface area contributed by atoms with Crippen molar-refractivity contribution in [2.75, 3.05) is 5.32 Å². The number of rotatable bonds is 4. The van der Waals surface area contributed by atoms with E-state index in [9.17, 15) is 4.79 Å². The Morgan fingerprint density at radius 3 is 2.86 bits per heavy atom. The highest BCUT2D eigenvalue weighted by Crippen LogP contribution is 2.25. The number of amides is 1. The monoisotopic (exact) mass is 371 g/mol. The van der Waals surface area contributed by atoms with Crippen molar-refractivity contribution in [3.63, 3.8) is 0 Å². The normalized spacial score (nSPS) is 11.3. The molecule has 4 aromatic heterocycles. The summed E-state index contributed by atoms with van der Waals surface area (Å²) in [4.78, 5) is 17.2. The summed E-state index contributed by atoms with van der Waals surface area (Å²) < 4.78 is 9.42. The molecule has 0 unspecified atom stereocenters. The number of carbonyl (C=O) groups is 1. The number of carbonyl (C=O) groups excluding carboxylic acids is 1. The molecule has 0 atom stereocenters. The Morgan fingerprint density at radius 2 is 2.00 bits per heavy atom. The average molecular weight is 371 g/mol. The molecule has 5 aromatic rings. The number of furan rings is 1. The molecule has 4 heterocycles. The molecule has 0 bridgehead atoms. The predicted molar refractivity (Wildman–Crippen MR) is 105 cm³/mol. The SMILES string of the molecule is Cc1c(C(=O)Nc2cnn(Cc3cn4ccccc4n3)c2)oc2ccccc12. The first-order valence-corrected chi connectivity index (χ1v) is 8.92. The van der Waals surface area contributed by atoms with Gasteiger partial charge in [0.15, 0.2) is 5.76 Å². The van der Waals surface area contributed by atoms with Crippen LogP contribution in [0.5, 0.6) is 0 Å². The molecule has 138 valence electrons. The van der Waals surface area contributed by atoms with E-state index < -0.39 is 0 Å². The molecule has 0 saturated heterocycles. The number of nitrogens with one attached hydrogen (secondary N) is 1. The van der Waals surface area contributed by atoms with E-state index in [2.05, 4.69) is 15.4 Å². The lowest BCUT2D eigenvalue weighted by Gasteiger charge is -2.00. The number of fused-ring (bicyclic) bond motifs is 2. The largest absolute Gasteiger partial charge is 0.451 e. The first-order valence-electron chi connectivity index (χ1n) is 8.92. The second-order valence-electron chi connectivity index (χ2n) is 6.63. The number of benzene rings is 1. The van der Waals surface area contributed by atoms with Crippen molar-refractivity contribution in [1.82, 2.24) is 19.2 Å². The number of hydrogen-bond acceptors (Lipinski definition) is 4. The number of pyridine rings is 1. The fourth-order valence-electron chi connectivity index (χ4n) is 3.32. The molecule has 1 amide bonds. The van der Waals surface area contributed by atoms with E-state index in [0.29, 0.717) is 23.6 Å². The van der Waals surface area contributed by atoms with E-state index >= 15 is 0 Å². The fourth-order valence-corrected chi connectivity index (χ4v) is 3.32. The number of aromatic nitrogens is 4. The van der Waals surface area contributed by atoms with Gasteiger partial charge in [-0.3, -0.25) is 9.48 Å². The van der Waals surface area contributed by atoms with Crippen LogP contribution in [0.3, 0.4) is 0 Å². The third-order valence-corrected chi connectivity index (χ3v) is 4.68.